The fourth-order valence-corrected chi connectivity index (χ4v) is 3.17. The first-order chi connectivity index (χ1) is 13.6. The highest BCUT2D eigenvalue weighted by atomic mass is 19.1. The van der Waals surface area contributed by atoms with E-state index >= 15 is 0 Å². The normalized spacial score (nSPS) is 12.1. The van der Waals surface area contributed by atoms with Gasteiger partial charge in [0.1, 0.15) is 24.2 Å². The third kappa shape index (κ3) is 2.55. The lowest BCUT2D eigenvalue weighted by molar-refractivity contribution is -0.119. The van der Waals surface area contributed by atoms with Crippen LogP contribution in [0.2, 0.25) is 0 Å². The molecule has 1 aromatic carbocycles. The highest BCUT2D eigenvalue weighted by molar-refractivity contribution is 5.72. The van der Waals surface area contributed by atoms with E-state index in [4.69, 9.17) is 4.52 Å². The summed E-state index contributed by atoms with van der Waals surface area (Å²) in [7, 11) is 0. The standard InChI is InChI=1S/C17H13FN8O2/c1-9(27)19-5-14-23-16(24-28-14)15-13-6-26-17(20-7-22-26)11-4-10(18)2-3-12(11)25(13)8-21-15/h2-4,7-8H,5-6H2,1H3,(H,19,27). The first kappa shape index (κ1) is 16.3. The van der Waals surface area contributed by atoms with Gasteiger partial charge in [-0.2, -0.15) is 10.1 Å². The zero-order valence-electron chi connectivity index (χ0n) is 14.6. The van der Waals surface area contributed by atoms with Crippen LogP contribution in [-0.4, -0.2) is 40.4 Å². The minimum atomic E-state index is -0.363. The number of nitrogens with zero attached hydrogens (tertiary/aromatic N) is 7. The molecule has 11 heteroatoms. The van der Waals surface area contributed by atoms with E-state index in [1.54, 1.807) is 17.1 Å². The molecular formula is C17H13FN8O2. The quantitative estimate of drug-likeness (QED) is 0.502. The van der Waals surface area contributed by atoms with Gasteiger partial charge in [0.25, 0.3) is 0 Å². The van der Waals surface area contributed by atoms with E-state index in [1.807, 2.05) is 4.57 Å². The Balaban J connectivity index is 1.62. The maximum atomic E-state index is 13.9. The predicted octanol–water partition coefficient (Wildman–Crippen LogP) is 1.32. The second kappa shape index (κ2) is 6.08. The van der Waals surface area contributed by atoms with Crippen molar-refractivity contribution in [1.82, 2.24) is 39.8 Å². The predicted molar refractivity (Wildman–Crippen MR) is 92.5 cm³/mol. The molecule has 0 bridgehead atoms. The van der Waals surface area contributed by atoms with Gasteiger partial charge in [0, 0.05) is 12.5 Å². The van der Waals surface area contributed by atoms with Crippen LogP contribution in [0, 0.1) is 5.82 Å². The summed E-state index contributed by atoms with van der Waals surface area (Å²) in [5.74, 6) is 0.561. The Morgan fingerprint density at radius 1 is 1.36 bits per heavy atom. The fourth-order valence-electron chi connectivity index (χ4n) is 3.17. The van der Waals surface area contributed by atoms with Gasteiger partial charge >= 0.3 is 0 Å². The second-order valence-corrected chi connectivity index (χ2v) is 6.23. The molecule has 1 aliphatic heterocycles. The largest absolute Gasteiger partial charge is 0.347 e. The van der Waals surface area contributed by atoms with Gasteiger partial charge in [0.15, 0.2) is 5.82 Å². The minimum absolute atomic E-state index is 0.133. The number of aromatic nitrogens is 7. The van der Waals surface area contributed by atoms with Gasteiger partial charge in [0.05, 0.1) is 24.5 Å². The molecule has 28 heavy (non-hydrogen) atoms. The van der Waals surface area contributed by atoms with Crippen LogP contribution < -0.4 is 5.32 Å². The molecule has 3 aromatic heterocycles. The zero-order valence-corrected chi connectivity index (χ0v) is 14.6. The lowest BCUT2D eigenvalue weighted by Crippen LogP contribution is -2.19. The molecular weight excluding hydrogens is 367 g/mol. The van der Waals surface area contributed by atoms with E-state index in [9.17, 15) is 9.18 Å². The fraction of sp³-hybridized carbons (Fsp3) is 0.176. The number of nitrogens with one attached hydrogen (secondary N) is 1. The van der Waals surface area contributed by atoms with Crippen LogP contribution in [-0.2, 0) is 17.9 Å². The van der Waals surface area contributed by atoms with Crippen LogP contribution >= 0.6 is 0 Å². The molecule has 5 rings (SSSR count). The number of amides is 1. The summed E-state index contributed by atoms with van der Waals surface area (Å²) in [5.41, 5.74) is 2.60. The first-order valence-corrected chi connectivity index (χ1v) is 8.42. The molecule has 4 aromatic rings. The Morgan fingerprint density at radius 2 is 2.25 bits per heavy atom. The number of fused-ring (bicyclic) bond motifs is 5. The smallest absolute Gasteiger partial charge is 0.246 e. The second-order valence-electron chi connectivity index (χ2n) is 6.23. The Hall–Kier alpha value is -3.89. The lowest BCUT2D eigenvalue weighted by atomic mass is 10.1. The number of imidazole rings is 1. The van der Waals surface area contributed by atoms with Crippen molar-refractivity contribution in [3.63, 3.8) is 0 Å². The van der Waals surface area contributed by atoms with Crippen molar-refractivity contribution in [2.75, 3.05) is 0 Å². The van der Waals surface area contributed by atoms with Gasteiger partial charge < -0.3 is 9.84 Å². The highest BCUT2D eigenvalue weighted by Gasteiger charge is 2.26. The van der Waals surface area contributed by atoms with Crippen molar-refractivity contribution in [1.29, 1.82) is 0 Å². The van der Waals surface area contributed by atoms with Crippen LogP contribution in [0.3, 0.4) is 0 Å². The van der Waals surface area contributed by atoms with Crippen molar-refractivity contribution in [2.45, 2.75) is 20.0 Å². The van der Waals surface area contributed by atoms with Gasteiger partial charge in [-0.3, -0.25) is 9.36 Å². The Kier molecular flexibility index (Phi) is 3.54. The van der Waals surface area contributed by atoms with Crippen LogP contribution in [0.1, 0.15) is 18.5 Å². The molecule has 1 aliphatic rings. The van der Waals surface area contributed by atoms with Crippen LogP contribution in [0.4, 0.5) is 4.39 Å². The van der Waals surface area contributed by atoms with E-state index in [0.717, 1.165) is 11.4 Å². The van der Waals surface area contributed by atoms with Crippen LogP contribution in [0.15, 0.2) is 35.4 Å². The van der Waals surface area contributed by atoms with E-state index in [2.05, 4.69) is 30.5 Å². The topological polar surface area (TPSA) is 117 Å². The molecule has 0 fully saturated rings. The van der Waals surface area contributed by atoms with Gasteiger partial charge in [-0.1, -0.05) is 5.16 Å². The number of rotatable bonds is 3. The van der Waals surface area contributed by atoms with E-state index in [0.29, 0.717) is 29.5 Å². The lowest BCUT2D eigenvalue weighted by Gasteiger charge is -2.08. The summed E-state index contributed by atoms with van der Waals surface area (Å²) in [6, 6.07) is 4.47. The molecule has 0 unspecified atom stereocenters. The molecule has 4 heterocycles. The Labute approximate surface area is 157 Å². The van der Waals surface area contributed by atoms with Gasteiger partial charge in [-0.25, -0.2) is 19.0 Å². The van der Waals surface area contributed by atoms with E-state index in [-0.39, 0.29) is 24.2 Å². The summed E-state index contributed by atoms with van der Waals surface area (Å²) < 4.78 is 22.6. The monoisotopic (exact) mass is 380 g/mol. The summed E-state index contributed by atoms with van der Waals surface area (Å²) >= 11 is 0. The Morgan fingerprint density at radius 3 is 3.11 bits per heavy atom. The summed E-state index contributed by atoms with van der Waals surface area (Å²) in [6.07, 6.45) is 3.05. The van der Waals surface area contributed by atoms with Crippen molar-refractivity contribution < 1.29 is 13.7 Å². The molecule has 1 amide bonds. The number of hydrogen-bond donors (Lipinski definition) is 1. The number of benzene rings is 1. The molecule has 0 saturated carbocycles. The number of carbonyl (C=O) groups excluding carboxylic acids is 1. The molecule has 1 N–H and O–H groups in total. The third-order valence-electron chi connectivity index (χ3n) is 4.41. The highest BCUT2D eigenvalue weighted by Crippen LogP contribution is 2.33. The van der Waals surface area contributed by atoms with Crippen molar-refractivity contribution in [3.8, 4) is 28.6 Å². The third-order valence-corrected chi connectivity index (χ3v) is 4.41. The SMILES string of the molecule is CC(=O)NCc1nc(-c2ncn3c2Cn2ncnc2-c2cc(F)ccc2-3)no1. The number of carbonyl (C=O) groups is 1. The number of halogens is 1. The molecule has 0 radical (unpaired) electrons. The van der Waals surface area contributed by atoms with Crippen molar-refractivity contribution in [2.24, 2.45) is 0 Å². The zero-order chi connectivity index (χ0) is 19.3. The van der Waals surface area contributed by atoms with Gasteiger partial charge in [-0.05, 0) is 18.2 Å². The number of hydrogen-bond acceptors (Lipinski definition) is 7. The van der Waals surface area contributed by atoms with Gasteiger partial charge in [0.2, 0.25) is 17.6 Å². The first-order valence-electron chi connectivity index (χ1n) is 8.42. The van der Waals surface area contributed by atoms with Crippen molar-refractivity contribution in [3.05, 3.63) is 48.3 Å². The summed E-state index contributed by atoms with van der Waals surface area (Å²) in [6.45, 7) is 1.88. The molecule has 0 aliphatic carbocycles. The molecule has 0 saturated heterocycles. The van der Waals surface area contributed by atoms with E-state index in [1.165, 1.54) is 25.4 Å². The summed E-state index contributed by atoms with van der Waals surface area (Å²) in [5, 5.41) is 10.8. The van der Waals surface area contributed by atoms with Crippen LogP contribution in [0.5, 0.6) is 0 Å². The molecule has 0 spiro atoms. The molecule has 10 nitrogen and oxygen atoms in total. The minimum Gasteiger partial charge on any atom is -0.347 e. The maximum absolute atomic E-state index is 13.9. The average Bonchev–Trinajstić information content (AvgIpc) is 3.39. The van der Waals surface area contributed by atoms with Crippen LogP contribution in [0.25, 0.3) is 28.6 Å². The Bertz CT molecular complexity index is 1210. The average molecular weight is 380 g/mol. The molecule has 140 valence electrons. The summed E-state index contributed by atoms with van der Waals surface area (Å²) in [4.78, 5) is 24.1. The maximum Gasteiger partial charge on any atom is 0.246 e. The van der Waals surface area contributed by atoms with E-state index < -0.39 is 0 Å². The molecule has 0 atom stereocenters. The van der Waals surface area contributed by atoms with Gasteiger partial charge in [-0.15, -0.1) is 0 Å². The van der Waals surface area contributed by atoms with Crippen molar-refractivity contribution >= 4 is 5.91 Å².